The monoisotopic (exact) mass is 220 g/mol. The lowest BCUT2D eigenvalue weighted by molar-refractivity contribution is -0.131. The number of carbonyl (C=O) groups is 1. The number of allylic oxidation sites excluding steroid dienone is 1. The van der Waals surface area contributed by atoms with Crippen molar-refractivity contribution in [3.63, 3.8) is 0 Å². The first-order chi connectivity index (χ1) is 7.74. The van der Waals surface area contributed by atoms with Gasteiger partial charge in [-0.2, -0.15) is 0 Å². The molecule has 1 atom stereocenters. The molecule has 1 aromatic rings. The summed E-state index contributed by atoms with van der Waals surface area (Å²) in [5.41, 5.74) is 1.09. The van der Waals surface area contributed by atoms with Gasteiger partial charge in [0.15, 0.2) is 0 Å². The second kappa shape index (κ2) is 6.80. The molecule has 0 aliphatic carbocycles. The molecule has 0 saturated carbocycles. The number of rotatable bonds is 6. The fraction of sp³-hybridized carbons (Fsp3) is 0.308. The predicted molar refractivity (Wildman–Crippen MR) is 62.3 cm³/mol. The lowest BCUT2D eigenvalue weighted by Gasteiger charge is -2.12. The summed E-state index contributed by atoms with van der Waals surface area (Å²) in [6, 6.07) is 9.75. The molecule has 86 valence electrons. The Hall–Kier alpha value is -1.61. The van der Waals surface area contributed by atoms with E-state index in [0.717, 1.165) is 18.1 Å². The van der Waals surface area contributed by atoms with E-state index in [1.54, 1.807) is 6.08 Å². The summed E-state index contributed by atoms with van der Waals surface area (Å²) in [5.74, 6) is -0.847. The van der Waals surface area contributed by atoms with Crippen molar-refractivity contribution in [3.8, 4) is 0 Å². The molecule has 0 aromatic heterocycles. The normalized spacial score (nSPS) is 12.8. The molecule has 0 bridgehead atoms. The number of hydrogen-bond acceptors (Lipinski definition) is 2. The van der Waals surface area contributed by atoms with Crippen LogP contribution in [0.2, 0.25) is 0 Å². The molecule has 0 spiro atoms. The van der Waals surface area contributed by atoms with Crippen LogP contribution in [-0.2, 0) is 4.79 Å². The number of carboxylic acids is 1. The van der Waals surface area contributed by atoms with Gasteiger partial charge in [-0.1, -0.05) is 36.4 Å². The molecule has 2 N–H and O–H groups in total. The Balaban J connectivity index is 2.47. The van der Waals surface area contributed by atoms with Crippen molar-refractivity contribution < 1.29 is 15.0 Å². The van der Waals surface area contributed by atoms with E-state index in [9.17, 15) is 9.90 Å². The highest BCUT2D eigenvalue weighted by Crippen LogP contribution is 2.20. The highest BCUT2D eigenvalue weighted by Gasteiger charge is 2.08. The van der Waals surface area contributed by atoms with Crippen LogP contribution in [0.4, 0.5) is 0 Å². The van der Waals surface area contributed by atoms with Crippen molar-refractivity contribution in [2.45, 2.75) is 18.8 Å². The standard InChI is InChI=1S/C13H16O3/c14-10-12(8-4-5-9-13(15)16)11-6-2-1-3-7-11/h1-3,5-7,9,12,14H,4,8,10H2,(H,15,16). The van der Waals surface area contributed by atoms with E-state index >= 15 is 0 Å². The number of aliphatic carboxylic acids is 1. The fourth-order valence-electron chi connectivity index (χ4n) is 1.57. The lowest BCUT2D eigenvalue weighted by atomic mass is 9.95. The van der Waals surface area contributed by atoms with Crippen LogP contribution in [-0.4, -0.2) is 22.8 Å². The van der Waals surface area contributed by atoms with Crippen LogP contribution < -0.4 is 0 Å². The highest BCUT2D eigenvalue weighted by molar-refractivity contribution is 5.79. The van der Waals surface area contributed by atoms with Crippen LogP contribution in [0, 0.1) is 0 Å². The molecular weight excluding hydrogens is 204 g/mol. The zero-order valence-electron chi connectivity index (χ0n) is 9.04. The molecule has 1 unspecified atom stereocenters. The third-order valence-electron chi connectivity index (χ3n) is 2.43. The predicted octanol–water partition coefficient (Wildman–Crippen LogP) is 2.18. The third kappa shape index (κ3) is 4.28. The molecule has 3 heteroatoms. The number of hydrogen-bond donors (Lipinski definition) is 2. The second-order valence-electron chi connectivity index (χ2n) is 3.61. The van der Waals surface area contributed by atoms with Gasteiger partial charge in [0.05, 0.1) is 0 Å². The molecule has 16 heavy (non-hydrogen) atoms. The van der Waals surface area contributed by atoms with E-state index in [1.165, 1.54) is 0 Å². The Morgan fingerprint density at radius 2 is 2.00 bits per heavy atom. The van der Waals surface area contributed by atoms with Gasteiger partial charge in [0, 0.05) is 18.6 Å². The molecule has 3 nitrogen and oxygen atoms in total. The Morgan fingerprint density at radius 3 is 2.56 bits per heavy atom. The van der Waals surface area contributed by atoms with E-state index in [-0.39, 0.29) is 12.5 Å². The van der Waals surface area contributed by atoms with Crippen LogP contribution in [0.1, 0.15) is 24.3 Å². The van der Waals surface area contributed by atoms with E-state index in [4.69, 9.17) is 5.11 Å². The van der Waals surface area contributed by atoms with Gasteiger partial charge in [0.1, 0.15) is 0 Å². The minimum absolute atomic E-state index is 0.0830. The number of aliphatic hydroxyl groups is 1. The summed E-state index contributed by atoms with van der Waals surface area (Å²) in [6.45, 7) is 0.0882. The van der Waals surface area contributed by atoms with Crippen molar-refractivity contribution in [3.05, 3.63) is 48.0 Å². The zero-order chi connectivity index (χ0) is 11.8. The first kappa shape index (κ1) is 12.5. The van der Waals surface area contributed by atoms with Crippen LogP contribution >= 0.6 is 0 Å². The molecule has 1 rings (SSSR count). The molecule has 0 heterocycles. The Morgan fingerprint density at radius 1 is 1.31 bits per heavy atom. The first-order valence-corrected chi connectivity index (χ1v) is 5.29. The van der Waals surface area contributed by atoms with Gasteiger partial charge in [-0.3, -0.25) is 0 Å². The van der Waals surface area contributed by atoms with E-state index in [0.29, 0.717) is 6.42 Å². The quantitative estimate of drug-likeness (QED) is 0.722. The first-order valence-electron chi connectivity index (χ1n) is 5.29. The molecule has 0 radical (unpaired) electrons. The smallest absolute Gasteiger partial charge is 0.327 e. The number of benzene rings is 1. The van der Waals surface area contributed by atoms with E-state index in [1.807, 2.05) is 30.3 Å². The van der Waals surface area contributed by atoms with Crippen LogP contribution in [0.25, 0.3) is 0 Å². The molecule has 0 saturated heterocycles. The fourth-order valence-corrected chi connectivity index (χ4v) is 1.57. The van der Waals surface area contributed by atoms with E-state index < -0.39 is 5.97 Å². The molecule has 0 amide bonds. The average molecular weight is 220 g/mol. The van der Waals surface area contributed by atoms with Crippen molar-refractivity contribution in [1.29, 1.82) is 0 Å². The Bertz CT molecular complexity index is 343. The van der Waals surface area contributed by atoms with Crippen molar-refractivity contribution >= 4 is 5.97 Å². The van der Waals surface area contributed by atoms with Gasteiger partial charge < -0.3 is 10.2 Å². The molecule has 1 aromatic carbocycles. The highest BCUT2D eigenvalue weighted by atomic mass is 16.4. The molecular formula is C13H16O3. The number of aliphatic hydroxyl groups excluding tert-OH is 1. The van der Waals surface area contributed by atoms with Gasteiger partial charge in [-0.25, -0.2) is 4.79 Å². The molecule has 0 fully saturated rings. The SMILES string of the molecule is O=C(O)C=CCCC(CO)c1ccccc1. The Labute approximate surface area is 95.0 Å². The molecule has 0 aliphatic heterocycles. The minimum Gasteiger partial charge on any atom is -0.478 e. The topological polar surface area (TPSA) is 57.5 Å². The van der Waals surface area contributed by atoms with Gasteiger partial charge >= 0.3 is 5.97 Å². The maximum atomic E-state index is 10.2. The summed E-state index contributed by atoms with van der Waals surface area (Å²) in [5, 5.41) is 17.7. The Kier molecular flexibility index (Phi) is 5.29. The maximum absolute atomic E-state index is 10.2. The average Bonchev–Trinajstić information content (AvgIpc) is 2.30. The van der Waals surface area contributed by atoms with Crippen LogP contribution in [0.15, 0.2) is 42.5 Å². The van der Waals surface area contributed by atoms with Gasteiger partial charge in [0.25, 0.3) is 0 Å². The third-order valence-corrected chi connectivity index (χ3v) is 2.43. The summed E-state index contributed by atoms with van der Waals surface area (Å²) in [4.78, 5) is 10.2. The van der Waals surface area contributed by atoms with Gasteiger partial charge in [-0.15, -0.1) is 0 Å². The summed E-state index contributed by atoms with van der Waals surface area (Å²) in [7, 11) is 0. The lowest BCUT2D eigenvalue weighted by Crippen LogP contribution is -2.03. The van der Waals surface area contributed by atoms with Gasteiger partial charge in [0.2, 0.25) is 0 Å². The van der Waals surface area contributed by atoms with Gasteiger partial charge in [-0.05, 0) is 18.4 Å². The van der Waals surface area contributed by atoms with E-state index in [2.05, 4.69) is 0 Å². The second-order valence-corrected chi connectivity index (χ2v) is 3.61. The largest absolute Gasteiger partial charge is 0.478 e. The van der Waals surface area contributed by atoms with Crippen LogP contribution in [0.3, 0.4) is 0 Å². The van der Waals surface area contributed by atoms with Crippen molar-refractivity contribution in [1.82, 2.24) is 0 Å². The summed E-state index contributed by atoms with van der Waals surface area (Å²) in [6.07, 6.45) is 4.17. The van der Waals surface area contributed by atoms with Crippen molar-refractivity contribution in [2.24, 2.45) is 0 Å². The van der Waals surface area contributed by atoms with Crippen LogP contribution in [0.5, 0.6) is 0 Å². The minimum atomic E-state index is -0.930. The summed E-state index contributed by atoms with van der Waals surface area (Å²) < 4.78 is 0. The zero-order valence-corrected chi connectivity index (χ0v) is 9.04. The maximum Gasteiger partial charge on any atom is 0.327 e. The van der Waals surface area contributed by atoms with Crippen molar-refractivity contribution in [2.75, 3.05) is 6.61 Å². The summed E-state index contributed by atoms with van der Waals surface area (Å²) >= 11 is 0. The number of carboxylic acid groups (broad SMARTS) is 1. The molecule has 0 aliphatic rings.